The normalized spacial score (nSPS) is 10.4. The van der Waals surface area contributed by atoms with Gasteiger partial charge in [-0.25, -0.2) is 0 Å². The van der Waals surface area contributed by atoms with Crippen molar-refractivity contribution in [2.75, 3.05) is 5.32 Å². The Kier molecular flexibility index (Phi) is 3.07. The van der Waals surface area contributed by atoms with Gasteiger partial charge in [-0.3, -0.25) is 0 Å². The van der Waals surface area contributed by atoms with E-state index in [4.69, 9.17) is 21.8 Å². The van der Waals surface area contributed by atoms with Crippen molar-refractivity contribution in [1.29, 1.82) is 0 Å². The average Bonchev–Trinajstić information content (AvgIpc) is 2.71. The molecule has 2 aromatic rings. The van der Waals surface area contributed by atoms with E-state index in [9.17, 15) is 0 Å². The van der Waals surface area contributed by atoms with Gasteiger partial charge < -0.3 is 15.5 Å². The van der Waals surface area contributed by atoms with Crippen molar-refractivity contribution in [1.82, 2.24) is 10.2 Å². The van der Waals surface area contributed by atoms with Gasteiger partial charge in [-0.1, -0.05) is 28.8 Å². The van der Waals surface area contributed by atoms with Gasteiger partial charge in [0.05, 0.1) is 17.3 Å². The molecule has 1 heterocycles. The van der Waals surface area contributed by atoms with E-state index in [-0.39, 0.29) is 12.6 Å². The molecule has 3 N–H and O–H groups in total. The Balaban J connectivity index is 2.26. The van der Waals surface area contributed by atoms with Crippen molar-refractivity contribution < 1.29 is 4.42 Å². The van der Waals surface area contributed by atoms with Crippen LogP contribution in [0.2, 0.25) is 5.02 Å². The fraction of sp³-hybridized carbons (Fsp3) is 0.200. The standard InChI is InChI=1S/C10H11ClN4O/c1-6-3-2-4-7(11)9(6)13-10-15-14-8(5-12)16-10/h2-4H,5,12H2,1H3,(H,13,15). The van der Waals surface area contributed by atoms with Crippen LogP contribution in [0.15, 0.2) is 22.6 Å². The van der Waals surface area contributed by atoms with Crippen LogP contribution in [0.5, 0.6) is 0 Å². The van der Waals surface area contributed by atoms with Gasteiger partial charge in [0.2, 0.25) is 5.89 Å². The number of nitrogens with one attached hydrogen (secondary N) is 1. The first-order valence-electron chi connectivity index (χ1n) is 4.75. The number of anilines is 2. The summed E-state index contributed by atoms with van der Waals surface area (Å²) in [6.45, 7) is 2.16. The first kappa shape index (κ1) is 10.9. The smallest absolute Gasteiger partial charge is 0.320 e. The third-order valence-corrected chi connectivity index (χ3v) is 2.41. The summed E-state index contributed by atoms with van der Waals surface area (Å²) < 4.78 is 5.23. The maximum Gasteiger partial charge on any atom is 0.320 e. The molecule has 0 unspecified atom stereocenters. The Labute approximate surface area is 97.6 Å². The van der Waals surface area contributed by atoms with E-state index < -0.39 is 0 Å². The lowest BCUT2D eigenvalue weighted by molar-refractivity contribution is 0.511. The topological polar surface area (TPSA) is 77.0 Å². The van der Waals surface area contributed by atoms with E-state index in [2.05, 4.69) is 15.5 Å². The average molecular weight is 239 g/mol. The quantitative estimate of drug-likeness (QED) is 0.858. The van der Waals surface area contributed by atoms with E-state index in [1.807, 2.05) is 19.1 Å². The Morgan fingerprint density at radius 3 is 2.88 bits per heavy atom. The molecule has 0 atom stereocenters. The number of halogens is 1. The highest BCUT2D eigenvalue weighted by molar-refractivity contribution is 6.33. The highest BCUT2D eigenvalue weighted by Gasteiger charge is 2.08. The lowest BCUT2D eigenvalue weighted by Gasteiger charge is -2.06. The number of rotatable bonds is 3. The molecule has 5 nitrogen and oxygen atoms in total. The molecule has 1 aromatic carbocycles. The van der Waals surface area contributed by atoms with E-state index in [0.717, 1.165) is 11.3 Å². The van der Waals surface area contributed by atoms with Gasteiger partial charge in [0.15, 0.2) is 0 Å². The number of hydrogen-bond acceptors (Lipinski definition) is 5. The van der Waals surface area contributed by atoms with Crippen molar-refractivity contribution >= 4 is 23.3 Å². The predicted octanol–water partition coefficient (Wildman–Crippen LogP) is 2.23. The highest BCUT2D eigenvalue weighted by Crippen LogP contribution is 2.27. The van der Waals surface area contributed by atoms with E-state index >= 15 is 0 Å². The molecule has 0 spiro atoms. The fourth-order valence-corrected chi connectivity index (χ4v) is 1.55. The minimum atomic E-state index is 0.218. The SMILES string of the molecule is Cc1cccc(Cl)c1Nc1nnc(CN)o1. The molecule has 0 radical (unpaired) electrons. The van der Waals surface area contributed by atoms with Crippen molar-refractivity contribution in [3.05, 3.63) is 34.7 Å². The van der Waals surface area contributed by atoms with Crippen LogP contribution in [0.3, 0.4) is 0 Å². The van der Waals surface area contributed by atoms with Crippen LogP contribution >= 0.6 is 11.6 Å². The van der Waals surface area contributed by atoms with Gasteiger partial charge >= 0.3 is 6.01 Å². The lowest BCUT2D eigenvalue weighted by Crippen LogP contribution is -1.95. The Hall–Kier alpha value is -1.59. The van der Waals surface area contributed by atoms with Crippen LogP contribution in [-0.4, -0.2) is 10.2 Å². The maximum absolute atomic E-state index is 6.04. The summed E-state index contributed by atoms with van der Waals surface area (Å²) in [5, 5.41) is 11.1. The minimum absolute atomic E-state index is 0.218. The van der Waals surface area contributed by atoms with Crippen LogP contribution in [0.4, 0.5) is 11.7 Å². The molecular formula is C10H11ClN4O. The molecule has 84 valence electrons. The third-order valence-electron chi connectivity index (χ3n) is 2.10. The first-order chi connectivity index (χ1) is 7.70. The zero-order valence-electron chi connectivity index (χ0n) is 8.70. The molecular weight excluding hydrogens is 228 g/mol. The van der Waals surface area contributed by atoms with Gasteiger partial charge in [-0.05, 0) is 18.6 Å². The first-order valence-corrected chi connectivity index (χ1v) is 5.13. The molecule has 0 saturated carbocycles. The van der Waals surface area contributed by atoms with Gasteiger partial charge in [-0.2, -0.15) is 0 Å². The molecule has 2 rings (SSSR count). The largest absolute Gasteiger partial charge is 0.406 e. The number of aromatic nitrogens is 2. The second-order valence-corrected chi connectivity index (χ2v) is 3.67. The summed E-state index contributed by atoms with van der Waals surface area (Å²) in [4.78, 5) is 0. The molecule has 0 aliphatic carbocycles. The molecule has 0 aliphatic heterocycles. The van der Waals surface area contributed by atoms with Crippen LogP contribution in [0, 0.1) is 6.92 Å². The molecule has 0 aliphatic rings. The second kappa shape index (κ2) is 4.51. The Morgan fingerprint density at radius 1 is 1.44 bits per heavy atom. The van der Waals surface area contributed by atoms with E-state index in [1.165, 1.54) is 0 Å². The molecule has 6 heteroatoms. The van der Waals surface area contributed by atoms with E-state index in [0.29, 0.717) is 10.9 Å². The number of benzene rings is 1. The van der Waals surface area contributed by atoms with Crippen LogP contribution in [-0.2, 0) is 6.54 Å². The zero-order valence-corrected chi connectivity index (χ0v) is 9.45. The van der Waals surface area contributed by atoms with Gasteiger partial charge in [0.25, 0.3) is 0 Å². The van der Waals surface area contributed by atoms with Gasteiger partial charge in [0, 0.05) is 0 Å². The molecule has 16 heavy (non-hydrogen) atoms. The summed E-state index contributed by atoms with van der Waals surface area (Å²) in [5.41, 5.74) is 7.13. The second-order valence-electron chi connectivity index (χ2n) is 3.26. The fourth-order valence-electron chi connectivity index (χ4n) is 1.28. The van der Waals surface area contributed by atoms with Gasteiger partial charge in [0.1, 0.15) is 0 Å². The predicted molar refractivity (Wildman–Crippen MR) is 61.7 cm³/mol. The zero-order chi connectivity index (χ0) is 11.5. The molecule has 0 bridgehead atoms. The maximum atomic E-state index is 6.04. The number of para-hydroxylation sites is 1. The Morgan fingerprint density at radius 2 is 2.25 bits per heavy atom. The molecule has 1 aromatic heterocycles. The molecule has 0 amide bonds. The summed E-state index contributed by atoms with van der Waals surface area (Å²) >= 11 is 6.04. The number of hydrogen-bond donors (Lipinski definition) is 2. The van der Waals surface area contributed by atoms with Crippen molar-refractivity contribution in [2.24, 2.45) is 5.73 Å². The minimum Gasteiger partial charge on any atom is -0.406 e. The van der Waals surface area contributed by atoms with Crippen LogP contribution in [0.1, 0.15) is 11.5 Å². The highest BCUT2D eigenvalue weighted by atomic mass is 35.5. The van der Waals surface area contributed by atoms with Crippen molar-refractivity contribution in [3.8, 4) is 0 Å². The van der Waals surface area contributed by atoms with E-state index in [1.54, 1.807) is 6.07 Å². The summed E-state index contributed by atoms with van der Waals surface area (Å²) in [6, 6.07) is 5.89. The Bertz CT molecular complexity index is 477. The summed E-state index contributed by atoms with van der Waals surface area (Å²) in [5.74, 6) is 0.382. The summed E-state index contributed by atoms with van der Waals surface area (Å²) in [7, 11) is 0. The lowest BCUT2D eigenvalue weighted by atomic mass is 10.2. The number of nitrogens with zero attached hydrogens (tertiary/aromatic N) is 2. The molecule has 0 saturated heterocycles. The third kappa shape index (κ3) is 2.15. The van der Waals surface area contributed by atoms with Crippen LogP contribution in [0.25, 0.3) is 0 Å². The summed E-state index contributed by atoms with van der Waals surface area (Å²) in [6.07, 6.45) is 0. The van der Waals surface area contributed by atoms with Crippen molar-refractivity contribution in [3.63, 3.8) is 0 Å². The number of aryl methyl sites for hydroxylation is 1. The van der Waals surface area contributed by atoms with Crippen LogP contribution < -0.4 is 11.1 Å². The van der Waals surface area contributed by atoms with Crippen molar-refractivity contribution in [2.45, 2.75) is 13.5 Å². The monoisotopic (exact) mass is 238 g/mol. The molecule has 0 fully saturated rings. The van der Waals surface area contributed by atoms with Gasteiger partial charge in [-0.15, -0.1) is 5.10 Å². The number of nitrogens with two attached hydrogens (primary N) is 1.